The highest BCUT2D eigenvalue weighted by Gasteiger charge is 2.35. The molecule has 0 radical (unpaired) electrons. The van der Waals surface area contributed by atoms with Gasteiger partial charge in [-0.15, -0.1) is 0 Å². The molecule has 1 fully saturated rings. The van der Waals surface area contributed by atoms with Crippen molar-refractivity contribution in [2.75, 3.05) is 6.61 Å². The lowest BCUT2D eigenvalue weighted by atomic mass is 10.1. The van der Waals surface area contributed by atoms with Gasteiger partial charge in [-0.1, -0.05) is 71.1 Å². The first kappa shape index (κ1) is 16.2. The third-order valence-corrected chi connectivity index (χ3v) is 8.08. The molecular weight excluding hydrogens is 236 g/mol. The second-order valence-electron chi connectivity index (χ2n) is 6.33. The first-order chi connectivity index (χ1) is 8.77. The van der Waals surface area contributed by atoms with Crippen molar-refractivity contribution in [2.45, 2.75) is 96.2 Å². The van der Waals surface area contributed by atoms with Gasteiger partial charge in [-0.3, -0.25) is 0 Å². The lowest BCUT2D eigenvalue weighted by Crippen LogP contribution is -2.41. The van der Waals surface area contributed by atoms with E-state index >= 15 is 0 Å². The van der Waals surface area contributed by atoms with Crippen LogP contribution in [0.15, 0.2) is 0 Å². The fourth-order valence-corrected chi connectivity index (χ4v) is 5.00. The van der Waals surface area contributed by atoms with Crippen LogP contribution in [0, 0.1) is 0 Å². The SMILES string of the molecule is CCCCCCCCCCCCO[Si]1(C)CCC1. The fourth-order valence-electron chi connectivity index (χ4n) is 2.73. The summed E-state index contributed by atoms with van der Waals surface area (Å²) in [6, 6.07) is 2.84. The van der Waals surface area contributed by atoms with Gasteiger partial charge < -0.3 is 4.43 Å². The number of hydrogen-bond acceptors (Lipinski definition) is 1. The predicted octanol–water partition coefficient (Wildman–Crippen LogP) is 5.90. The van der Waals surface area contributed by atoms with Gasteiger partial charge in [-0.2, -0.15) is 0 Å². The maximum atomic E-state index is 6.08. The van der Waals surface area contributed by atoms with Gasteiger partial charge in [0.1, 0.15) is 0 Å². The number of rotatable bonds is 12. The van der Waals surface area contributed by atoms with Crippen molar-refractivity contribution >= 4 is 8.32 Å². The Morgan fingerprint density at radius 1 is 0.778 bits per heavy atom. The molecule has 1 nitrogen and oxygen atoms in total. The standard InChI is InChI=1S/C16H34OSi/c1-3-4-5-6-7-8-9-10-11-12-14-17-18(2)15-13-16-18/h3-16H2,1-2H3. The molecule has 0 aliphatic carbocycles. The lowest BCUT2D eigenvalue weighted by Gasteiger charge is -2.35. The van der Waals surface area contributed by atoms with E-state index in [9.17, 15) is 0 Å². The van der Waals surface area contributed by atoms with Gasteiger partial charge in [0.05, 0.1) is 0 Å². The molecule has 0 N–H and O–H groups in total. The summed E-state index contributed by atoms with van der Waals surface area (Å²) in [6.07, 6.45) is 15.6. The summed E-state index contributed by atoms with van der Waals surface area (Å²) in [5.74, 6) is 0. The highest BCUT2D eigenvalue weighted by molar-refractivity contribution is 6.75. The summed E-state index contributed by atoms with van der Waals surface area (Å²) in [5.41, 5.74) is 0. The molecule has 1 aliphatic heterocycles. The zero-order chi connectivity index (χ0) is 13.1. The minimum atomic E-state index is -1.09. The van der Waals surface area contributed by atoms with Crippen LogP contribution in [0.25, 0.3) is 0 Å². The van der Waals surface area contributed by atoms with Gasteiger partial charge in [-0.25, -0.2) is 0 Å². The molecule has 0 amide bonds. The van der Waals surface area contributed by atoms with Crippen LogP contribution in [0.2, 0.25) is 18.6 Å². The van der Waals surface area contributed by atoms with E-state index in [1.807, 2.05) is 0 Å². The molecule has 0 aromatic carbocycles. The normalized spacial score (nSPS) is 17.7. The minimum Gasteiger partial charge on any atom is -0.417 e. The maximum absolute atomic E-state index is 6.08. The lowest BCUT2D eigenvalue weighted by molar-refractivity contribution is 0.278. The van der Waals surface area contributed by atoms with E-state index in [-0.39, 0.29) is 0 Å². The molecule has 1 aliphatic rings. The zero-order valence-corrected chi connectivity index (χ0v) is 13.8. The Balaban J connectivity index is 1.71. The van der Waals surface area contributed by atoms with Crippen molar-refractivity contribution < 1.29 is 4.43 Å². The van der Waals surface area contributed by atoms with Gasteiger partial charge in [0.2, 0.25) is 0 Å². The molecule has 0 atom stereocenters. The topological polar surface area (TPSA) is 9.23 Å². The largest absolute Gasteiger partial charge is 0.417 e. The molecule has 0 unspecified atom stereocenters. The summed E-state index contributed by atoms with van der Waals surface area (Å²) >= 11 is 0. The highest BCUT2D eigenvalue weighted by Crippen LogP contribution is 2.32. The molecule has 0 saturated carbocycles. The Hall–Kier alpha value is 0.177. The Kier molecular flexibility index (Phi) is 9.04. The van der Waals surface area contributed by atoms with Gasteiger partial charge in [0.15, 0.2) is 8.32 Å². The average molecular weight is 271 g/mol. The molecular formula is C16H34OSi. The maximum Gasteiger partial charge on any atom is 0.189 e. The van der Waals surface area contributed by atoms with Gasteiger partial charge in [-0.05, 0) is 25.1 Å². The highest BCUT2D eigenvalue weighted by atomic mass is 28.4. The van der Waals surface area contributed by atoms with Crippen LogP contribution in [0.5, 0.6) is 0 Å². The van der Waals surface area contributed by atoms with E-state index in [1.165, 1.54) is 82.7 Å². The van der Waals surface area contributed by atoms with Crippen molar-refractivity contribution in [2.24, 2.45) is 0 Å². The summed E-state index contributed by atoms with van der Waals surface area (Å²) in [4.78, 5) is 0. The quantitative estimate of drug-likeness (QED) is 0.317. The summed E-state index contributed by atoms with van der Waals surface area (Å²) in [5, 5.41) is 0. The van der Waals surface area contributed by atoms with Crippen LogP contribution >= 0.6 is 0 Å². The molecule has 0 bridgehead atoms. The second-order valence-corrected chi connectivity index (χ2v) is 10.5. The molecule has 1 saturated heterocycles. The molecule has 108 valence electrons. The third kappa shape index (κ3) is 7.58. The third-order valence-electron chi connectivity index (χ3n) is 4.36. The van der Waals surface area contributed by atoms with Crippen LogP contribution in [0.4, 0.5) is 0 Å². The second kappa shape index (κ2) is 10.0. The van der Waals surface area contributed by atoms with Crippen LogP contribution < -0.4 is 0 Å². The van der Waals surface area contributed by atoms with Crippen molar-refractivity contribution in [1.29, 1.82) is 0 Å². The molecule has 2 heteroatoms. The molecule has 0 aromatic heterocycles. The Morgan fingerprint density at radius 3 is 1.72 bits per heavy atom. The fraction of sp³-hybridized carbons (Fsp3) is 1.00. The Labute approximate surface area is 116 Å². The molecule has 0 spiro atoms. The van der Waals surface area contributed by atoms with Gasteiger partial charge in [0, 0.05) is 6.61 Å². The zero-order valence-electron chi connectivity index (χ0n) is 12.8. The smallest absolute Gasteiger partial charge is 0.189 e. The average Bonchev–Trinajstić information content (AvgIpc) is 2.34. The Morgan fingerprint density at radius 2 is 1.28 bits per heavy atom. The van der Waals surface area contributed by atoms with E-state index in [2.05, 4.69) is 13.5 Å². The van der Waals surface area contributed by atoms with Crippen molar-refractivity contribution in [3.63, 3.8) is 0 Å². The monoisotopic (exact) mass is 270 g/mol. The van der Waals surface area contributed by atoms with Gasteiger partial charge in [0.25, 0.3) is 0 Å². The van der Waals surface area contributed by atoms with Crippen molar-refractivity contribution in [1.82, 2.24) is 0 Å². The number of unbranched alkanes of at least 4 members (excludes halogenated alkanes) is 9. The van der Waals surface area contributed by atoms with Crippen LogP contribution in [0.3, 0.4) is 0 Å². The number of hydrogen-bond donors (Lipinski definition) is 0. The molecule has 1 rings (SSSR count). The van der Waals surface area contributed by atoms with Crippen molar-refractivity contribution in [3.05, 3.63) is 0 Å². The van der Waals surface area contributed by atoms with Crippen LogP contribution in [0.1, 0.15) is 77.6 Å². The summed E-state index contributed by atoms with van der Waals surface area (Å²) < 4.78 is 6.08. The minimum absolute atomic E-state index is 1.05. The summed E-state index contributed by atoms with van der Waals surface area (Å²) in [6.45, 7) is 5.75. The summed E-state index contributed by atoms with van der Waals surface area (Å²) in [7, 11) is -1.09. The van der Waals surface area contributed by atoms with E-state index in [4.69, 9.17) is 4.43 Å². The molecule has 18 heavy (non-hydrogen) atoms. The predicted molar refractivity (Wildman–Crippen MR) is 83.6 cm³/mol. The van der Waals surface area contributed by atoms with Crippen LogP contribution in [-0.4, -0.2) is 14.9 Å². The molecule has 0 aromatic rings. The van der Waals surface area contributed by atoms with Crippen LogP contribution in [-0.2, 0) is 4.43 Å². The van der Waals surface area contributed by atoms with Gasteiger partial charge >= 0.3 is 0 Å². The van der Waals surface area contributed by atoms with E-state index in [1.54, 1.807) is 0 Å². The molecule has 1 heterocycles. The first-order valence-electron chi connectivity index (χ1n) is 8.41. The Bertz CT molecular complexity index is 190. The first-order valence-corrected chi connectivity index (χ1v) is 11.2. The van der Waals surface area contributed by atoms with E-state index in [0.717, 1.165) is 6.61 Å². The van der Waals surface area contributed by atoms with E-state index < -0.39 is 8.32 Å². The van der Waals surface area contributed by atoms with E-state index in [0.29, 0.717) is 0 Å². The van der Waals surface area contributed by atoms with Crippen molar-refractivity contribution in [3.8, 4) is 0 Å².